The zero-order valence-electron chi connectivity index (χ0n) is 11.3. The van der Waals surface area contributed by atoms with Gasteiger partial charge in [0.05, 0.1) is 6.04 Å². The maximum atomic E-state index is 9.29. The maximum absolute atomic E-state index is 9.29. The average Bonchev–Trinajstić information content (AvgIpc) is 2.45. The summed E-state index contributed by atoms with van der Waals surface area (Å²) in [4.78, 5) is 10.6. The van der Waals surface area contributed by atoms with Gasteiger partial charge < -0.3 is 10.0 Å². The number of hydrogen-bond donors (Lipinski definition) is 1. The number of hydrogen-bond acceptors (Lipinski definition) is 4. The van der Waals surface area contributed by atoms with Crippen LogP contribution in [0.1, 0.15) is 23.9 Å². The molecule has 2 rings (SSSR count). The van der Waals surface area contributed by atoms with Gasteiger partial charge in [-0.05, 0) is 25.0 Å². The number of nitrogens with zero attached hydrogens (tertiary/aromatic N) is 3. The minimum atomic E-state index is 0.112. The summed E-state index contributed by atoms with van der Waals surface area (Å²) in [5, 5.41) is 9.29. The Morgan fingerprint density at radius 3 is 2.58 bits per heavy atom. The van der Waals surface area contributed by atoms with E-state index >= 15 is 0 Å². The Labute approximate surface area is 113 Å². The molecule has 0 aliphatic carbocycles. The quantitative estimate of drug-likeness (QED) is 0.893. The van der Waals surface area contributed by atoms with E-state index in [9.17, 15) is 5.11 Å². The van der Waals surface area contributed by atoms with Crippen LogP contribution in [0.2, 0.25) is 0 Å². The van der Waals surface area contributed by atoms with E-state index < -0.39 is 0 Å². The first-order chi connectivity index (χ1) is 9.22. The number of benzene rings is 1. The van der Waals surface area contributed by atoms with Crippen molar-refractivity contribution in [3.8, 4) is 0 Å². The molecule has 0 unspecified atom stereocenters. The fourth-order valence-electron chi connectivity index (χ4n) is 2.18. The predicted molar refractivity (Wildman–Crippen MR) is 76.1 cm³/mol. The van der Waals surface area contributed by atoms with E-state index in [1.165, 1.54) is 5.56 Å². The van der Waals surface area contributed by atoms with Crippen molar-refractivity contribution in [2.75, 3.05) is 18.6 Å². The van der Waals surface area contributed by atoms with Gasteiger partial charge in [0.15, 0.2) is 0 Å². The van der Waals surface area contributed by atoms with Gasteiger partial charge in [0.2, 0.25) is 0 Å². The van der Waals surface area contributed by atoms with Crippen LogP contribution in [0.25, 0.3) is 0 Å². The van der Waals surface area contributed by atoms with Crippen molar-refractivity contribution in [2.45, 2.75) is 19.4 Å². The highest BCUT2D eigenvalue weighted by Gasteiger charge is 2.17. The van der Waals surface area contributed by atoms with Crippen molar-refractivity contribution in [2.24, 2.45) is 0 Å². The van der Waals surface area contributed by atoms with Crippen molar-refractivity contribution >= 4 is 5.82 Å². The lowest BCUT2D eigenvalue weighted by molar-refractivity contribution is 0.274. The minimum Gasteiger partial charge on any atom is -0.396 e. The van der Waals surface area contributed by atoms with Gasteiger partial charge in [0.1, 0.15) is 11.6 Å². The fraction of sp³-hybridized carbons (Fsp3) is 0.333. The zero-order valence-corrected chi connectivity index (χ0v) is 11.3. The standard InChI is InChI=1S/C15H19N3O/c1-12-16-10-8-15(17-12)18(2)14(9-11-19)13-6-4-3-5-7-13/h3-8,10,14,19H,9,11H2,1-2H3/t14-/m0/s1. The molecule has 0 fully saturated rings. The molecular formula is C15H19N3O. The molecule has 1 N–H and O–H groups in total. The molecule has 0 aliphatic heterocycles. The van der Waals surface area contributed by atoms with E-state index in [0.717, 1.165) is 11.6 Å². The molecular weight excluding hydrogens is 238 g/mol. The van der Waals surface area contributed by atoms with Crippen LogP contribution in [0.4, 0.5) is 5.82 Å². The molecule has 2 aromatic rings. The van der Waals surface area contributed by atoms with E-state index in [-0.39, 0.29) is 12.6 Å². The summed E-state index contributed by atoms with van der Waals surface area (Å²) in [5.41, 5.74) is 1.18. The lowest BCUT2D eigenvalue weighted by Gasteiger charge is -2.29. The molecule has 0 radical (unpaired) electrons. The minimum absolute atomic E-state index is 0.112. The van der Waals surface area contributed by atoms with Gasteiger partial charge in [-0.1, -0.05) is 30.3 Å². The normalized spacial score (nSPS) is 12.2. The summed E-state index contributed by atoms with van der Waals surface area (Å²) in [6.45, 7) is 2.02. The molecule has 0 bridgehead atoms. The molecule has 100 valence electrons. The number of aromatic nitrogens is 2. The van der Waals surface area contributed by atoms with Crippen LogP contribution < -0.4 is 4.90 Å². The van der Waals surface area contributed by atoms with Crippen molar-refractivity contribution in [1.82, 2.24) is 9.97 Å². The van der Waals surface area contributed by atoms with Crippen LogP contribution in [0.3, 0.4) is 0 Å². The SMILES string of the molecule is Cc1nccc(N(C)[C@@H](CCO)c2ccccc2)n1. The molecule has 4 heteroatoms. The summed E-state index contributed by atoms with van der Waals surface area (Å²) in [5.74, 6) is 1.62. The Balaban J connectivity index is 2.29. The van der Waals surface area contributed by atoms with Crippen LogP contribution in [-0.2, 0) is 0 Å². The highest BCUT2D eigenvalue weighted by Crippen LogP contribution is 2.26. The van der Waals surface area contributed by atoms with E-state index in [1.54, 1.807) is 6.20 Å². The van der Waals surface area contributed by atoms with Crippen LogP contribution in [0, 0.1) is 6.92 Å². The average molecular weight is 257 g/mol. The molecule has 0 amide bonds. The second-order valence-corrected chi connectivity index (χ2v) is 4.51. The molecule has 1 aromatic carbocycles. The Kier molecular flexibility index (Phi) is 4.47. The third-order valence-corrected chi connectivity index (χ3v) is 3.18. The summed E-state index contributed by atoms with van der Waals surface area (Å²) in [6.07, 6.45) is 2.43. The van der Waals surface area contributed by atoms with E-state index in [4.69, 9.17) is 0 Å². The largest absolute Gasteiger partial charge is 0.396 e. The van der Waals surface area contributed by atoms with E-state index in [2.05, 4.69) is 27.0 Å². The Hall–Kier alpha value is -1.94. The second-order valence-electron chi connectivity index (χ2n) is 4.51. The molecule has 0 aliphatic rings. The van der Waals surface area contributed by atoms with Gasteiger partial charge in [-0.3, -0.25) is 0 Å². The summed E-state index contributed by atoms with van der Waals surface area (Å²) < 4.78 is 0. The summed E-state index contributed by atoms with van der Waals surface area (Å²) in [6, 6.07) is 12.2. The lowest BCUT2D eigenvalue weighted by atomic mass is 10.0. The topological polar surface area (TPSA) is 49.2 Å². The van der Waals surface area contributed by atoms with E-state index in [0.29, 0.717) is 6.42 Å². The molecule has 1 aromatic heterocycles. The van der Waals surface area contributed by atoms with Gasteiger partial charge in [-0.2, -0.15) is 0 Å². The zero-order chi connectivity index (χ0) is 13.7. The monoisotopic (exact) mass is 257 g/mol. The molecule has 0 spiro atoms. The molecule has 0 saturated carbocycles. The Morgan fingerprint density at radius 2 is 1.95 bits per heavy atom. The number of aliphatic hydroxyl groups excluding tert-OH is 1. The van der Waals surface area contributed by atoms with Crippen LogP contribution in [-0.4, -0.2) is 28.7 Å². The third kappa shape index (κ3) is 3.29. The molecule has 1 heterocycles. The van der Waals surface area contributed by atoms with Crippen molar-refractivity contribution in [3.05, 3.63) is 54.0 Å². The summed E-state index contributed by atoms with van der Waals surface area (Å²) >= 11 is 0. The molecule has 1 atom stereocenters. The van der Waals surface area contributed by atoms with Crippen LogP contribution in [0.5, 0.6) is 0 Å². The first-order valence-electron chi connectivity index (χ1n) is 6.40. The maximum Gasteiger partial charge on any atom is 0.132 e. The van der Waals surface area contributed by atoms with Crippen LogP contribution >= 0.6 is 0 Å². The molecule has 0 saturated heterocycles. The number of aliphatic hydroxyl groups is 1. The van der Waals surface area contributed by atoms with Gasteiger partial charge >= 0.3 is 0 Å². The first kappa shape index (κ1) is 13.5. The Bertz CT molecular complexity index is 516. The predicted octanol–water partition coefficient (Wildman–Crippen LogP) is 2.34. The van der Waals surface area contributed by atoms with Gasteiger partial charge in [0.25, 0.3) is 0 Å². The molecule has 19 heavy (non-hydrogen) atoms. The van der Waals surface area contributed by atoms with Gasteiger partial charge in [0, 0.05) is 19.9 Å². The van der Waals surface area contributed by atoms with Crippen molar-refractivity contribution in [1.29, 1.82) is 0 Å². The number of anilines is 1. The lowest BCUT2D eigenvalue weighted by Crippen LogP contribution is -2.26. The van der Waals surface area contributed by atoms with Crippen molar-refractivity contribution < 1.29 is 5.11 Å². The third-order valence-electron chi connectivity index (χ3n) is 3.18. The van der Waals surface area contributed by atoms with Crippen LogP contribution in [0.15, 0.2) is 42.6 Å². The Morgan fingerprint density at radius 1 is 1.21 bits per heavy atom. The molecule has 4 nitrogen and oxygen atoms in total. The summed E-state index contributed by atoms with van der Waals surface area (Å²) in [7, 11) is 2.00. The highest BCUT2D eigenvalue weighted by molar-refractivity contribution is 5.40. The van der Waals surface area contributed by atoms with Gasteiger partial charge in [-0.25, -0.2) is 9.97 Å². The second kappa shape index (κ2) is 6.29. The highest BCUT2D eigenvalue weighted by atomic mass is 16.3. The number of rotatable bonds is 5. The first-order valence-corrected chi connectivity index (χ1v) is 6.40. The smallest absolute Gasteiger partial charge is 0.132 e. The number of aryl methyl sites for hydroxylation is 1. The van der Waals surface area contributed by atoms with Crippen molar-refractivity contribution in [3.63, 3.8) is 0 Å². The fourth-order valence-corrected chi connectivity index (χ4v) is 2.18. The van der Waals surface area contributed by atoms with Gasteiger partial charge in [-0.15, -0.1) is 0 Å². The van der Waals surface area contributed by atoms with E-state index in [1.807, 2.05) is 38.2 Å².